The molecule has 1 saturated carbocycles. The second-order valence-electron chi connectivity index (χ2n) is 7.62. The van der Waals surface area contributed by atoms with Gasteiger partial charge < -0.3 is 9.67 Å². The number of benzene rings is 1. The number of aldehydes is 1. The highest BCUT2D eigenvalue weighted by Gasteiger charge is 2.32. The molecule has 0 amide bonds. The zero-order chi connectivity index (χ0) is 20.1. The highest BCUT2D eigenvalue weighted by Crippen LogP contribution is 2.37. The first-order chi connectivity index (χ1) is 13.5. The maximum Gasteiger partial charge on any atom is 0.311 e. The van der Waals surface area contributed by atoms with Gasteiger partial charge in [-0.3, -0.25) is 9.59 Å². The van der Waals surface area contributed by atoms with Crippen LogP contribution in [0.25, 0.3) is 0 Å². The fourth-order valence-corrected chi connectivity index (χ4v) is 4.51. The first-order valence-corrected chi connectivity index (χ1v) is 10.4. The van der Waals surface area contributed by atoms with Gasteiger partial charge in [-0.15, -0.1) is 0 Å². The molecule has 1 atom stereocenters. The standard InChI is InChI=1S/C22H27ClN2O3/c1-2-3-11-19-24-21(23)18(14-26)25(19)13-15-7-6-10-17(12-15)20(22(27)28)16-8-4-5-9-16/h6-7,10,12,14,16,20H,2-5,8-9,11,13H2,1H3,(H,27,28). The molecule has 1 aliphatic carbocycles. The Morgan fingerprint density at radius 2 is 2.14 bits per heavy atom. The van der Waals surface area contributed by atoms with Crippen LogP contribution in [-0.2, 0) is 17.8 Å². The fraction of sp³-hybridized carbons (Fsp3) is 0.500. The number of rotatable bonds is 9. The minimum atomic E-state index is -0.757. The zero-order valence-corrected chi connectivity index (χ0v) is 17.0. The zero-order valence-electron chi connectivity index (χ0n) is 16.2. The predicted octanol–water partition coefficient (Wildman–Crippen LogP) is 5.10. The second-order valence-corrected chi connectivity index (χ2v) is 7.98. The van der Waals surface area contributed by atoms with Crippen molar-refractivity contribution in [2.24, 2.45) is 5.92 Å². The number of carboxylic acid groups (broad SMARTS) is 1. The number of imidazole rings is 1. The maximum atomic E-state index is 12.0. The SMILES string of the molecule is CCCCc1nc(Cl)c(C=O)n1Cc1cccc(C(C(=O)O)C2CCCC2)c1. The highest BCUT2D eigenvalue weighted by atomic mass is 35.5. The Morgan fingerprint density at radius 3 is 2.79 bits per heavy atom. The van der Waals surface area contributed by atoms with Crippen LogP contribution in [0.2, 0.25) is 5.15 Å². The number of carbonyl (C=O) groups excluding carboxylic acids is 1. The Hall–Kier alpha value is -2.14. The van der Waals surface area contributed by atoms with E-state index < -0.39 is 11.9 Å². The summed E-state index contributed by atoms with van der Waals surface area (Å²) in [7, 11) is 0. The topological polar surface area (TPSA) is 72.2 Å². The maximum absolute atomic E-state index is 12.0. The number of hydrogen-bond acceptors (Lipinski definition) is 3. The van der Waals surface area contributed by atoms with E-state index in [0.717, 1.165) is 68.2 Å². The Kier molecular flexibility index (Phi) is 6.89. The average Bonchev–Trinajstić information content (AvgIpc) is 3.28. The van der Waals surface area contributed by atoms with Crippen molar-refractivity contribution < 1.29 is 14.7 Å². The minimum absolute atomic E-state index is 0.195. The molecule has 1 aliphatic rings. The third-order valence-corrected chi connectivity index (χ3v) is 5.97. The van der Waals surface area contributed by atoms with E-state index in [0.29, 0.717) is 12.2 Å². The van der Waals surface area contributed by atoms with Crippen molar-refractivity contribution in [1.29, 1.82) is 0 Å². The number of aliphatic carboxylic acids is 1. The van der Waals surface area contributed by atoms with Crippen molar-refractivity contribution in [3.05, 3.63) is 52.1 Å². The van der Waals surface area contributed by atoms with E-state index in [2.05, 4.69) is 11.9 Å². The van der Waals surface area contributed by atoms with Crippen molar-refractivity contribution in [3.8, 4) is 0 Å². The second kappa shape index (κ2) is 9.37. The van der Waals surface area contributed by atoms with Gasteiger partial charge in [-0.05, 0) is 36.3 Å². The smallest absolute Gasteiger partial charge is 0.311 e. The molecule has 1 heterocycles. The minimum Gasteiger partial charge on any atom is -0.481 e. The lowest BCUT2D eigenvalue weighted by atomic mass is 9.84. The summed E-state index contributed by atoms with van der Waals surface area (Å²) >= 11 is 6.16. The summed E-state index contributed by atoms with van der Waals surface area (Å²) < 4.78 is 1.86. The fourth-order valence-electron chi connectivity index (χ4n) is 4.27. The van der Waals surface area contributed by atoms with Crippen molar-refractivity contribution in [1.82, 2.24) is 9.55 Å². The first-order valence-electron chi connectivity index (χ1n) is 10.1. The normalized spacial score (nSPS) is 15.6. The molecular formula is C22H27ClN2O3. The summed E-state index contributed by atoms with van der Waals surface area (Å²) in [6.07, 6.45) is 7.63. The largest absolute Gasteiger partial charge is 0.481 e. The Morgan fingerprint density at radius 1 is 1.39 bits per heavy atom. The van der Waals surface area contributed by atoms with Crippen LogP contribution in [0.5, 0.6) is 0 Å². The summed E-state index contributed by atoms with van der Waals surface area (Å²) in [5, 5.41) is 10.0. The number of carbonyl (C=O) groups is 2. The van der Waals surface area contributed by atoms with Gasteiger partial charge in [-0.25, -0.2) is 4.98 Å². The van der Waals surface area contributed by atoms with Crippen LogP contribution in [-0.4, -0.2) is 26.9 Å². The molecule has 0 bridgehead atoms. The van der Waals surface area contributed by atoms with Gasteiger partial charge in [0.1, 0.15) is 11.5 Å². The summed E-state index contributed by atoms with van der Waals surface area (Å²) in [6.45, 7) is 2.56. The van der Waals surface area contributed by atoms with Crippen LogP contribution in [0.15, 0.2) is 24.3 Å². The summed E-state index contributed by atoms with van der Waals surface area (Å²) in [5.74, 6) is -0.239. The average molecular weight is 403 g/mol. The van der Waals surface area contributed by atoms with Crippen molar-refractivity contribution in [2.45, 2.75) is 64.3 Å². The molecule has 1 N–H and O–H groups in total. The first kappa shape index (κ1) is 20.6. The lowest BCUT2D eigenvalue weighted by Crippen LogP contribution is -2.20. The quantitative estimate of drug-likeness (QED) is 0.592. The van der Waals surface area contributed by atoms with Gasteiger partial charge in [-0.1, -0.05) is 62.1 Å². The van der Waals surface area contributed by atoms with Crippen LogP contribution in [0.1, 0.15) is 78.8 Å². The molecule has 2 aromatic rings. The Bertz CT molecular complexity index is 840. The number of nitrogens with zero attached hydrogens (tertiary/aromatic N) is 2. The lowest BCUT2D eigenvalue weighted by molar-refractivity contribution is -0.140. The Labute approximate surface area is 170 Å². The van der Waals surface area contributed by atoms with E-state index in [1.807, 2.05) is 28.8 Å². The lowest BCUT2D eigenvalue weighted by Gasteiger charge is -2.20. The molecule has 5 nitrogen and oxygen atoms in total. The molecule has 0 saturated heterocycles. The van der Waals surface area contributed by atoms with Gasteiger partial charge in [0.2, 0.25) is 0 Å². The van der Waals surface area contributed by atoms with Crippen LogP contribution >= 0.6 is 11.6 Å². The Balaban J connectivity index is 1.90. The monoisotopic (exact) mass is 402 g/mol. The van der Waals surface area contributed by atoms with Gasteiger partial charge >= 0.3 is 5.97 Å². The van der Waals surface area contributed by atoms with Crippen LogP contribution < -0.4 is 0 Å². The number of aromatic nitrogens is 2. The molecule has 0 spiro atoms. The van der Waals surface area contributed by atoms with E-state index in [9.17, 15) is 14.7 Å². The van der Waals surface area contributed by atoms with Crippen molar-refractivity contribution in [2.75, 3.05) is 0 Å². The van der Waals surface area contributed by atoms with Gasteiger partial charge in [0.05, 0.1) is 5.92 Å². The number of hydrogen-bond donors (Lipinski definition) is 1. The van der Waals surface area contributed by atoms with Gasteiger partial charge in [0.15, 0.2) is 11.4 Å². The third kappa shape index (κ3) is 4.46. The van der Waals surface area contributed by atoms with Crippen LogP contribution in [0.3, 0.4) is 0 Å². The molecule has 0 aliphatic heterocycles. The molecule has 1 unspecified atom stereocenters. The van der Waals surface area contributed by atoms with Gasteiger partial charge in [0.25, 0.3) is 0 Å². The van der Waals surface area contributed by atoms with E-state index in [1.165, 1.54) is 0 Å². The molecule has 6 heteroatoms. The number of unbranched alkanes of at least 4 members (excludes halogenated alkanes) is 1. The van der Waals surface area contributed by atoms with Crippen molar-refractivity contribution in [3.63, 3.8) is 0 Å². The molecule has 1 aromatic carbocycles. The van der Waals surface area contributed by atoms with E-state index in [-0.39, 0.29) is 11.1 Å². The van der Waals surface area contributed by atoms with E-state index >= 15 is 0 Å². The number of aryl methyl sites for hydroxylation is 1. The van der Waals surface area contributed by atoms with E-state index in [1.54, 1.807) is 0 Å². The van der Waals surface area contributed by atoms with Gasteiger partial charge in [-0.2, -0.15) is 0 Å². The summed E-state index contributed by atoms with van der Waals surface area (Å²) in [6, 6.07) is 7.73. The van der Waals surface area contributed by atoms with Crippen LogP contribution in [0, 0.1) is 5.92 Å². The molecule has 0 radical (unpaired) electrons. The third-order valence-electron chi connectivity index (χ3n) is 5.69. The molecule has 150 valence electrons. The molecule has 1 aromatic heterocycles. The molecule has 3 rings (SSSR count). The number of carboxylic acids is 1. The summed E-state index contributed by atoms with van der Waals surface area (Å²) in [5.41, 5.74) is 2.17. The summed E-state index contributed by atoms with van der Waals surface area (Å²) in [4.78, 5) is 27.9. The highest BCUT2D eigenvalue weighted by molar-refractivity contribution is 6.31. The number of halogens is 1. The predicted molar refractivity (Wildman–Crippen MR) is 109 cm³/mol. The van der Waals surface area contributed by atoms with Crippen molar-refractivity contribution >= 4 is 23.9 Å². The molecular weight excluding hydrogens is 376 g/mol. The van der Waals surface area contributed by atoms with Gasteiger partial charge in [0, 0.05) is 13.0 Å². The molecule has 28 heavy (non-hydrogen) atoms. The molecule has 1 fully saturated rings. The van der Waals surface area contributed by atoms with E-state index in [4.69, 9.17) is 11.6 Å². The van der Waals surface area contributed by atoms with Crippen LogP contribution in [0.4, 0.5) is 0 Å².